The van der Waals surface area contributed by atoms with Gasteiger partial charge in [0.25, 0.3) is 11.8 Å². The zero-order chi connectivity index (χ0) is 18.4. The van der Waals surface area contributed by atoms with Crippen LogP contribution in [0, 0.1) is 0 Å². The van der Waals surface area contributed by atoms with E-state index in [0.717, 1.165) is 12.8 Å². The Hall–Kier alpha value is -2.71. The summed E-state index contributed by atoms with van der Waals surface area (Å²) in [6.07, 6.45) is 0.824. The Balaban J connectivity index is 1.82. The minimum atomic E-state index is -3.08. The van der Waals surface area contributed by atoms with Gasteiger partial charge in [0.15, 0.2) is 6.10 Å². The van der Waals surface area contributed by atoms with Crippen LogP contribution in [-0.2, 0) is 14.3 Å². The van der Waals surface area contributed by atoms with Crippen LogP contribution in [0.25, 0.3) is 0 Å². The maximum absolute atomic E-state index is 12.3. The smallest absolute Gasteiger partial charge is 0.387 e. The molecule has 0 unspecified atom stereocenters. The largest absolute Gasteiger partial charge is 0.451 e. The van der Waals surface area contributed by atoms with Crippen LogP contribution >= 0.6 is 0 Å². The highest BCUT2D eigenvalue weighted by Gasteiger charge is 2.27. The van der Waals surface area contributed by atoms with E-state index in [-0.39, 0.29) is 17.4 Å². The number of hydrogen-bond acceptors (Lipinski definition) is 5. The van der Waals surface area contributed by atoms with Crippen LogP contribution in [0.4, 0.5) is 8.78 Å². The maximum Gasteiger partial charge on any atom is 0.387 e. The summed E-state index contributed by atoms with van der Waals surface area (Å²) in [5.41, 5.74) is -0.143. The first-order chi connectivity index (χ1) is 11.9. The van der Waals surface area contributed by atoms with E-state index in [9.17, 15) is 23.2 Å². The summed E-state index contributed by atoms with van der Waals surface area (Å²) in [7, 11) is 0. The van der Waals surface area contributed by atoms with E-state index in [2.05, 4.69) is 15.4 Å². The SMILES string of the molecule is C[C@@H](OC(=O)CNC(=O)c1ccccc1OC(F)F)C(=O)NC1CC1. The summed E-state index contributed by atoms with van der Waals surface area (Å²) in [6.45, 7) is -2.17. The summed E-state index contributed by atoms with van der Waals surface area (Å²) in [5, 5.41) is 4.92. The number of esters is 1. The Morgan fingerprint density at radius 3 is 2.56 bits per heavy atom. The predicted molar refractivity (Wildman–Crippen MR) is 82.1 cm³/mol. The van der Waals surface area contributed by atoms with Crippen molar-refractivity contribution in [2.75, 3.05) is 6.54 Å². The zero-order valence-electron chi connectivity index (χ0n) is 13.5. The highest BCUT2D eigenvalue weighted by atomic mass is 19.3. The molecule has 0 heterocycles. The van der Waals surface area contributed by atoms with Crippen molar-refractivity contribution in [3.63, 3.8) is 0 Å². The number of hydrogen-bond donors (Lipinski definition) is 2. The van der Waals surface area contributed by atoms with Gasteiger partial charge in [0.2, 0.25) is 0 Å². The van der Waals surface area contributed by atoms with Gasteiger partial charge in [-0.2, -0.15) is 8.78 Å². The minimum Gasteiger partial charge on any atom is -0.451 e. The maximum atomic E-state index is 12.3. The van der Waals surface area contributed by atoms with Gasteiger partial charge < -0.3 is 20.1 Å². The molecule has 1 atom stereocenters. The quantitative estimate of drug-likeness (QED) is 0.684. The van der Waals surface area contributed by atoms with Crippen LogP contribution in [0.2, 0.25) is 0 Å². The molecule has 0 saturated heterocycles. The van der Waals surface area contributed by atoms with Crippen molar-refractivity contribution in [1.82, 2.24) is 10.6 Å². The summed E-state index contributed by atoms with van der Waals surface area (Å²) >= 11 is 0. The van der Waals surface area contributed by atoms with Crippen molar-refractivity contribution < 1.29 is 32.6 Å². The average molecular weight is 356 g/mol. The van der Waals surface area contributed by atoms with Gasteiger partial charge >= 0.3 is 12.6 Å². The Labute approximate surface area is 142 Å². The standard InChI is InChI=1S/C16H18F2N2O5/c1-9(14(22)20-10-6-7-10)24-13(21)8-19-15(23)11-4-2-3-5-12(11)25-16(17)18/h2-5,9-10,16H,6-8H2,1H3,(H,19,23)(H,20,22)/t9-/m1/s1. The highest BCUT2D eigenvalue weighted by Crippen LogP contribution is 2.20. The third-order valence-corrected chi connectivity index (χ3v) is 3.34. The first-order valence-electron chi connectivity index (χ1n) is 7.68. The predicted octanol–water partition coefficient (Wildman–Crippen LogP) is 1.23. The molecule has 1 aliphatic rings. The van der Waals surface area contributed by atoms with Crippen molar-refractivity contribution >= 4 is 17.8 Å². The van der Waals surface area contributed by atoms with Crippen LogP contribution in [0.5, 0.6) is 5.75 Å². The summed E-state index contributed by atoms with van der Waals surface area (Å²) in [4.78, 5) is 35.4. The molecule has 1 fully saturated rings. The van der Waals surface area contributed by atoms with Gasteiger partial charge in [0.1, 0.15) is 12.3 Å². The van der Waals surface area contributed by atoms with Gasteiger partial charge in [-0.1, -0.05) is 12.1 Å². The molecular formula is C16H18F2N2O5. The molecule has 1 aromatic rings. The number of carbonyl (C=O) groups excluding carboxylic acids is 3. The number of halogens is 2. The topological polar surface area (TPSA) is 93.7 Å². The molecular weight excluding hydrogens is 338 g/mol. The fourth-order valence-corrected chi connectivity index (χ4v) is 1.94. The Kier molecular flexibility index (Phi) is 6.26. The van der Waals surface area contributed by atoms with Crippen LogP contribution < -0.4 is 15.4 Å². The highest BCUT2D eigenvalue weighted by molar-refractivity contribution is 5.98. The number of nitrogens with one attached hydrogen (secondary N) is 2. The number of para-hydroxylation sites is 1. The molecule has 2 N–H and O–H groups in total. The molecule has 2 amide bonds. The van der Waals surface area contributed by atoms with Crippen molar-refractivity contribution in [3.05, 3.63) is 29.8 Å². The Morgan fingerprint density at radius 2 is 1.92 bits per heavy atom. The second-order valence-electron chi connectivity index (χ2n) is 5.47. The first-order valence-corrected chi connectivity index (χ1v) is 7.68. The van der Waals surface area contributed by atoms with E-state index >= 15 is 0 Å². The van der Waals surface area contributed by atoms with Gasteiger partial charge in [-0.05, 0) is 31.9 Å². The van der Waals surface area contributed by atoms with Crippen LogP contribution in [0.1, 0.15) is 30.1 Å². The summed E-state index contributed by atoms with van der Waals surface area (Å²) < 4.78 is 33.8. The third kappa shape index (κ3) is 6.02. The molecule has 7 nitrogen and oxygen atoms in total. The normalized spacial score (nSPS) is 14.6. The molecule has 1 saturated carbocycles. The first kappa shape index (κ1) is 18.6. The number of ether oxygens (including phenoxy) is 2. The molecule has 0 bridgehead atoms. The molecule has 25 heavy (non-hydrogen) atoms. The molecule has 2 rings (SSSR count). The minimum absolute atomic E-state index is 0.139. The number of carbonyl (C=O) groups is 3. The average Bonchev–Trinajstić information content (AvgIpc) is 3.36. The molecule has 0 aromatic heterocycles. The van der Waals surface area contributed by atoms with Gasteiger partial charge in [0.05, 0.1) is 5.56 Å². The lowest BCUT2D eigenvalue weighted by Gasteiger charge is -2.14. The molecule has 0 spiro atoms. The lowest BCUT2D eigenvalue weighted by atomic mass is 10.2. The third-order valence-electron chi connectivity index (χ3n) is 3.34. The molecule has 9 heteroatoms. The van der Waals surface area contributed by atoms with Crippen molar-refractivity contribution in [3.8, 4) is 5.75 Å². The summed E-state index contributed by atoms with van der Waals surface area (Å²) in [6, 6.07) is 5.53. The molecule has 1 aliphatic carbocycles. The van der Waals surface area contributed by atoms with Crippen molar-refractivity contribution in [2.45, 2.75) is 38.5 Å². The van der Waals surface area contributed by atoms with E-state index in [1.165, 1.54) is 31.2 Å². The van der Waals surface area contributed by atoms with E-state index in [1.807, 2.05) is 0 Å². The second kappa shape index (κ2) is 8.41. The van der Waals surface area contributed by atoms with Crippen LogP contribution in [0.15, 0.2) is 24.3 Å². The molecule has 0 aliphatic heterocycles. The molecule has 136 valence electrons. The van der Waals surface area contributed by atoms with E-state index in [0.29, 0.717) is 0 Å². The van der Waals surface area contributed by atoms with Crippen molar-refractivity contribution in [2.24, 2.45) is 0 Å². The molecule has 1 aromatic carbocycles. The fraction of sp³-hybridized carbons (Fsp3) is 0.438. The van der Waals surface area contributed by atoms with E-state index < -0.39 is 37.0 Å². The van der Waals surface area contributed by atoms with Crippen LogP contribution in [-0.4, -0.2) is 43.1 Å². The lowest BCUT2D eigenvalue weighted by Crippen LogP contribution is -2.39. The molecule has 0 radical (unpaired) electrons. The second-order valence-corrected chi connectivity index (χ2v) is 5.47. The van der Waals surface area contributed by atoms with Gasteiger partial charge in [-0.25, -0.2) is 0 Å². The Morgan fingerprint density at radius 1 is 1.24 bits per heavy atom. The number of alkyl halides is 2. The van der Waals surface area contributed by atoms with E-state index in [4.69, 9.17) is 4.74 Å². The zero-order valence-corrected chi connectivity index (χ0v) is 13.5. The van der Waals surface area contributed by atoms with Crippen molar-refractivity contribution in [1.29, 1.82) is 0 Å². The van der Waals surface area contributed by atoms with Crippen LogP contribution in [0.3, 0.4) is 0 Å². The monoisotopic (exact) mass is 356 g/mol. The van der Waals surface area contributed by atoms with Gasteiger partial charge in [0, 0.05) is 6.04 Å². The number of rotatable bonds is 8. The lowest BCUT2D eigenvalue weighted by molar-refractivity contribution is -0.153. The Bertz CT molecular complexity index is 649. The van der Waals surface area contributed by atoms with E-state index in [1.54, 1.807) is 0 Å². The number of benzene rings is 1. The number of amides is 2. The van der Waals surface area contributed by atoms with Gasteiger partial charge in [-0.15, -0.1) is 0 Å². The summed E-state index contributed by atoms with van der Waals surface area (Å²) in [5.74, 6) is -2.30. The fourth-order valence-electron chi connectivity index (χ4n) is 1.94. The van der Waals surface area contributed by atoms with Gasteiger partial charge in [-0.3, -0.25) is 14.4 Å².